The van der Waals surface area contributed by atoms with Crippen LogP contribution in [0.3, 0.4) is 0 Å². The van der Waals surface area contributed by atoms with Crippen molar-refractivity contribution in [2.45, 2.75) is 136 Å². The van der Waals surface area contributed by atoms with E-state index in [0.717, 1.165) is 18.5 Å². The molecule has 0 amide bonds. The molecule has 0 aliphatic rings. The van der Waals surface area contributed by atoms with Crippen molar-refractivity contribution in [1.82, 2.24) is 0 Å². The predicted octanol–water partition coefficient (Wildman–Crippen LogP) is 13.1. The summed E-state index contributed by atoms with van der Waals surface area (Å²) in [5.74, 6) is 0.141. The molecule has 0 spiro atoms. The molecule has 0 heterocycles. The van der Waals surface area contributed by atoms with E-state index in [1.807, 2.05) is 48.5 Å². The van der Waals surface area contributed by atoms with Gasteiger partial charge in [0.05, 0.1) is 16.9 Å². The van der Waals surface area contributed by atoms with Crippen LogP contribution in [0.4, 0.5) is 11.4 Å². The maximum absolute atomic E-state index is 12.5. The van der Waals surface area contributed by atoms with Crippen molar-refractivity contribution >= 4 is 17.3 Å². The van der Waals surface area contributed by atoms with Gasteiger partial charge in [0.1, 0.15) is 5.75 Å². The Morgan fingerprint density at radius 3 is 1.32 bits per heavy atom. The molecule has 0 aromatic heterocycles. The number of carbonyl (C=O) groups is 1. The molecule has 44 heavy (non-hydrogen) atoms. The minimum absolute atomic E-state index is 0.353. The number of hydrogen-bond donors (Lipinski definition) is 0. The molecule has 4 heteroatoms. The molecule has 0 bridgehead atoms. The van der Waals surface area contributed by atoms with Crippen molar-refractivity contribution in [2.24, 2.45) is 10.2 Å². The molecule has 238 valence electrons. The summed E-state index contributed by atoms with van der Waals surface area (Å²) in [4.78, 5) is 12.5. The summed E-state index contributed by atoms with van der Waals surface area (Å²) in [5.41, 5.74) is 4.72. The second-order valence-corrected chi connectivity index (χ2v) is 12.3. The van der Waals surface area contributed by atoms with Crippen molar-refractivity contribution in [3.63, 3.8) is 0 Å². The summed E-state index contributed by atoms with van der Waals surface area (Å²) in [7, 11) is 0. The van der Waals surface area contributed by atoms with Crippen LogP contribution in [-0.2, 0) is 12.8 Å². The highest BCUT2D eigenvalue weighted by Crippen LogP contribution is 2.23. The smallest absolute Gasteiger partial charge is 0.343 e. The quantitative estimate of drug-likeness (QED) is 0.0473. The minimum atomic E-state index is -0.353. The summed E-state index contributed by atoms with van der Waals surface area (Å²) in [6, 6.07) is 23.3. The number of benzene rings is 3. The van der Waals surface area contributed by atoms with Crippen LogP contribution in [0.15, 0.2) is 83.0 Å². The maximum atomic E-state index is 12.5. The Bertz CT molecular complexity index is 1180. The number of aryl methyl sites for hydroxylation is 2. The molecule has 0 N–H and O–H groups in total. The summed E-state index contributed by atoms with van der Waals surface area (Å²) < 4.78 is 5.55. The fourth-order valence-electron chi connectivity index (χ4n) is 5.50. The third kappa shape index (κ3) is 14.9. The highest BCUT2D eigenvalue weighted by atomic mass is 16.5. The number of carbonyl (C=O) groups excluding carboxylic acids is 1. The van der Waals surface area contributed by atoms with Crippen molar-refractivity contribution in [3.05, 3.63) is 89.5 Å². The zero-order valence-electron chi connectivity index (χ0n) is 27.6. The normalized spacial score (nSPS) is 11.3. The van der Waals surface area contributed by atoms with Crippen LogP contribution < -0.4 is 4.74 Å². The molecule has 0 saturated carbocycles. The van der Waals surface area contributed by atoms with Gasteiger partial charge in [-0.2, -0.15) is 10.2 Å². The van der Waals surface area contributed by atoms with Crippen LogP contribution in [0.1, 0.15) is 144 Å². The fraction of sp³-hybridized carbons (Fsp3) is 0.525. The van der Waals surface area contributed by atoms with Crippen molar-refractivity contribution < 1.29 is 9.53 Å². The number of ether oxygens (including phenoxy) is 1. The lowest BCUT2D eigenvalue weighted by Gasteiger charge is -2.06. The van der Waals surface area contributed by atoms with E-state index in [4.69, 9.17) is 4.74 Å². The lowest BCUT2D eigenvalue weighted by molar-refractivity contribution is 0.0734. The molecule has 0 atom stereocenters. The molecule has 3 aromatic carbocycles. The Kier molecular flexibility index (Phi) is 17.8. The number of hydrogen-bond acceptors (Lipinski definition) is 4. The molecule has 0 unspecified atom stereocenters. The summed E-state index contributed by atoms with van der Waals surface area (Å²) >= 11 is 0. The summed E-state index contributed by atoms with van der Waals surface area (Å²) in [6.07, 6.45) is 25.2. The van der Waals surface area contributed by atoms with E-state index in [0.29, 0.717) is 17.0 Å². The molecule has 0 fully saturated rings. The van der Waals surface area contributed by atoms with Gasteiger partial charge in [-0.1, -0.05) is 134 Å². The summed E-state index contributed by atoms with van der Waals surface area (Å²) in [5, 5.41) is 8.73. The Morgan fingerprint density at radius 2 is 0.841 bits per heavy atom. The number of azo groups is 1. The van der Waals surface area contributed by atoms with Crippen LogP contribution in [0, 0.1) is 0 Å². The predicted molar refractivity (Wildman–Crippen MR) is 186 cm³/mol. The SMILES string of the molecule is CCCCCCCCCCCCCCCCc1ccc(N=Nc2ccc(OC(=O)c3ccc(CCCCC)cc3)cc2)cc1. The van der Waals surface area contributed by atoms with Gasteiger partial charge < -0.3 is 4.74 Å². The van der Waals surface area contributed by atoms with Gasteiger partial charge in [-0.3, -0.25) is 0 Å². The Hall–Kier alpha value is -3.27. The first-order chi connectivity index (χ1) is 21.7. The third-order valence-corrected chi connectivity index (χ3v) is 8.34. The van der Waals surface area contributed by atoms with Gasteiger partial charge in [0.15, 0.2) is 0 Å². The van der Waals surface area contributed by atoms with E-state index in [9.17, 15) is 4.79 Å². The van der Waals surface area contributed by atoms with E-state index in [2.05, 4.69) is 36.2 Å². The maximum Gasteiger partial charge on any atom is 0.343 e. The molecular formula is C40H56N2O2. The lowest BCUT2D eigenvalue weighted by atomic mass is 10.0. The Labute approximate surface area is 267 Å². The van der Waals surface area contributed by atoms with E-state index in [1.165, 1.54) is 120 Å². The van der Waals surface area contributed by atoms with Gasteiger partial charge in [-0.05, 0) is 85.3 Å². The van der Waals surface area contributed by atoms with Crippen LogP contribution in [0.25, 0.3) is 0 Å². The second-order valence-electron chi connectivity index (χ2n) is 12.3. The van der Waals surface area contributed by atoms with Crippen LogP contribution in [-0.4, -0.2) is 5.97 Å². The number of unbranched alkanes of at least 4 members (excludes halogenated alkanes) is 15. The molecule has 0 aliphatic carbocycles. The largest absolute Gasteiger partial charge is 0.423 e. The first-order valence-corrected chi connectivity index (χ1v) is 17.6. The van der Waals surface area contributed by atoms with Gasteiger partial charge in [0.25, 0.3) is 0 Å². The first kappa shape index (κ1) is 35.2. The van der Waals surface area contributed by atoms with E-state index < -0.39 is 0 Å². The van der Waals surface area contributed by atoms with Gasteiger partial charge in [0.2, 0.25) is 0 Å². The van der Waals surface area contributed by atoms with Crippen molar-refractivity contribution in [3.8, 4) is 5.75 Å². The standard InChI is InChI=1S/C40H56N2O2/c1-3-5-7-8-9-10-11-12-13-14-15-16-17-19-21-35-24-28-37(29-25-35)41-42-38-30-32-39(33-31-38)44-40(43)36-26-22-34(23-27-36)20-18-6-4-2/h22-33H,3-21H2,1-2H3. The average Bonchev–Trinajstić information content (AvgIpc) is 3.05. The van der Waals surface area contributed by atoms with Gasteiger partial charge >= 0.3 is 5.97 Å². The number of nitrogens with zero attached hydrogens (tertiary/aromatic N) is 2. The average molecular weight is 597 g/mol. The zero-order chi connectivity index (χ0) is 31.1. The molecule has 3 aromatic rings. The molecular weight excluding hydrogens is 540 g/mol. The van der Waals surface area contributed by atoms with E-state index in [1.54, 1.807) is 12.1 Å². The minimum Gasteiger partial charge on any atom is -0.423 e. The van der Waals surface area contributed by atoms with Gasteiger partial charge in [-0.25, -0.2) is 4.79 Å². The Morgan fingerprint density at radius 1 is 0.477 bits per heavy atom. The van der Waals surface area contributed by atoms with E-state index in [-0.39, 0.29) is 5.97 Å². The summed E-state index contributed by atoms with van der Waals surface area (Å²) in [6.45, 7) is 4.49. The molecule has 0 saturated heterocycles. The second kappa shape index (κ2) is 22.3. The van der Waals surface area contributed by atoms with E-state index >= 15 is 0 Å². The van der Waals surface area contributed by atoms with Crippen molar-refractivity contribution in [1.29, 1.82) is 0 Å². The highest BCUT2D eigenvalue weighted by molar-refractivity contribution is 5.91. The van der Waals surface area contributed by atoms with Crippen LogP contribution in [0.2, 0.25) is 0 Å². The van der Waals surface area contributed by atoms with Gasteiger partial charge in [-0.15, -0.1) is 0 Å². The molecule has 4 nitrogen and oxygen atoms in total. The van der Waals surface area contributed by atoms with Gasteiger partial charge in [0, 0.05) is 0 Å². The van der Waals surface area contributed by atoms with Crippen molar-refractivity contribution in [2.75, 3.05) is 0 Å². The van der Waals surface area contributed by atoms with Crippen LogP contribution >= 0.6 is 0 Å². The Balaban J connectivity index is 1.27. The number of rotatable bonds is 23. The fourth-order valence-corrected chi connectivity index (χ4v) is 5.50. The lowest BCUT2D eigenvalue weighted by Crippen LogP contribution is -2.08. The zero-order valence-corrected chi connectivity index (χ0v) is 27.6. The number of esters is 1. The van der Waals surface area contributed by atoms with Crippen LogP contribution in [0.5, 0.6) is 5.75 Å². The molecule has 3 rings (SSSR count). The topological polar surface area (TPSA) is 51.0 Å². The highest BCUT2D eigenvalue weighted by Gasteiger charge is 2.09. The molecule has 0 aliphatic heterocycles. The molecule has 0 radical (unpaired) electrons. The third-order valence-electron chi connectivity index (χ3n) is 8.34. The monoisotopic (exact) mass is 596 g/mol. The first-order valence-electron chi connectivity index (χ1n) is 17.6.